The Morgan fingerprint density at radius 2 is 1.33 bits per heavy atom. The number of unbranched alkanes of at least 4 members (excludes halogenated alkanes) is 4. The lowest BCUT2D eigenvalue weighted by Gasteiger charge is -2.05. The van der Waals surface area contributed by atoms with Gasteiger partial charge in [0.1, 0.15) is 0 Å². The van der Waals surface area contributed by atoms with Gasteiger partial charge in [0.15, 0.2) is 0 Å². The smallest absolute Gasteiger partial charge is 0.0991 e. The summed E-state index contributed by atoms with van der Waals surface area (Å²) in [6.07, 6.45) is 7.83. The molecule has 0 saturated heterocycles. The molecule has 0 aromatic heterocycles. The van der Waals surface area contributed by atoms with Gasteiger partial charge in [0, 0.05) is 0 Å². The standard InChI is InChI=1S/C20H23N/c1-2-3-4-5-6-7-17-8-12-19(13-9-17)20-14-10-18(16-21)11-15-20/h8-15H,2-7H2,1H3. The Bertz CT molecular complexity index is 573. The number of nitriles is 1. The molecule has 0 aliphatic rings. The summed E-state index contributed by atoms with van der Waals surface area (Å²) in [7, 11) is 0. The quantitative estimate of drug-likeness (QED) is 0.592. The molecule has 2 rings (SSSR count). The van der Waals surface area contributed by atoms with Crippen molar-refractivity contribution in [3.63, 3.8) is 0 Å². The lowest BCUT2D eigenvalue weighted by atomic mass is 10.0. The van der Waals surface area contributed by atoms with Crippen molar-refractivity contribution in [3.8, 4) is 17.2 Å². The summed E-state index contributed by atoms with van der Waals surface area (Å²) in [6, 6.07) is 18.7. The van der Waals surface area contributed by atoms with Crippen molar-refractivity contribution >= 4 is 0 Å². The van der Waals surface area contributed by atoms with E-state index in [9.17, 15) is 0 Å². The van der Waals surface area contributed by atoms with E-state index in [1.807, 2.05) is 24.3 Å². The first-order valence-electron chi connectivity index (χ1n) is 7.93. The van der Waals surface area contributed by atoms with Crippen LogP contribution in [0, 0.1) is 11.3 Å². The number of benzene rings is 2. The molecule has 0 atom stereocenters. The lowest BCUT2D eigenvalue weighted by Crippen LogP contribution is -1.87. The van der Waals surface area contributed by atoms with Crippen LogP contribution in [-0.2, 0) is 6.42 Å². The van der Waals surface area contributed by atoms with Crippen LogP contribution in [0.25, 0.3) is 11.1 Å². The maximum absolute atomic E-state index is 8.82. The second-order valence-corrected chi connectivity index (χ2v) is 5.55. The third-order valence-electron chi connectivity index (χ3n) is 3.87. The first-order valence-corrected chi connectivity index (χ1v) is 7.93. The van der Waals surface area contributed by atoms with Gasteiger partial charge in [-0.1, -0.05) is 69.0 Å². The van der Waals surface area contributed by atoms with Gasteiger partial charge in [-0.15, -0.1) is 0 Å². The minimum atomic E-state index is 0.711. The second-order valence-electron chi connectivity index (χ2n) is 5.55. The number of hydrogen-bond acceptors (Lipinski definition) is 1. The largest absolute Gasteiger partial charge is 0.192 e. The molecule has 0 spiro atoms. The normalized spacial score (nSPS) is 10.3. The van der Waals surface area contributed by atoms with Crippen LogP contribution in [0.3, 0.4) is 0 Å². The van der Waals surface area contributed by atoms with Crippen molar-refractivity contribution in [1.29, 1.82) is 5.26 Å². The minimum Gasteiger partial charge on any atom is -0.192 e. The molecule has 0 N–H and O–H groups in total. The minimum absolute atomic E-state index is 0.711. The van der Waals surface area contributed by atoms with Crippen LogP contribution in [-0.4, -0.2) is 0 Å². The van der Waals surface area contributed by atoms with E-state index in [-0.39, 0.29) is 0 Å². The average Bonchev–Trinajstić information content (AvgIpc) is 2.55. The van der Waals surface area contributed by atoms with Crippen LogP contribution in [0.2, 0.25) is 0 Å². The summed E-state index contributed by atoms with van der Waals surface area (Å²) >= 11 is 0. The maximum atomic E-state index is 8.82. The molecule has 0 unspecified atom stereocenters. The molecule has 0 saturated carbocycles. The fourth-order valence-electron chi connectivity index (χ4n) is 2.53. The second kappa shape index (κ2) is 8.27. The summed E-state index contributed by atoms with van der Waals surface area (Å²) in [5.74, 6) is 0. The third kappa shape index (κ3) is 4.76. The van der Waals surface area contributed by atoms with Gasteiger partial charge in [-0.2, -0.15) is 5.26 Å². The van der Waals surface area contributed by atoms with Gasteiger partial charge in [0.25, 0.3) is 0 Å². The van der Waals surface area contributed by atoms with Gasteiger partial charge >= 0.3 is 0 Å². The summed E-state index contributed by atoms with van der Waals surface area (Å²) < 4.78 is 0. The molecule has 0 amide bonds. The molecular weight excluding hydrogens is 254 g/mol. The summed E-state index contributed by atoms with van der Waals surface area (Å²) in [6.45, 7) is 2.25. The summed E-state index contributed by atoms with van der Waals surface area (Å²) in [5.41, 5.74) is 4.52. The Labute approximate surface area is 128 Å². The molecule has 0 heterocycles. The first kappa shape index (κ1) is 15.3. The van der Waals surface area contributed by atoms with Crippen molar-refractivity contribution in [3.05, 3.63) is 59.7 Å². The highest BCUT2D eigenvalue weighted by Crippen LogP contribution is 2.21. The highest BCUT2D eigenvalue weighted by atomic mass is 14.2. The van der Waals surface area contributed by atoms with E-state index in [1.165, 1.54) is 55.2 Å². The fourth-order valence-corrected chi connectivity index (χ4v) is 2.53. The fraction of sp³-hybridized carbons (Fsp3) is 0.350. The molecular formula is C20H23N. The van der Waals surface area contributed by atoms with Gasteiger partial charge < -0.3 is 0 Å². The number of nitrogens with zero attached hydrogens (tertiary/aromatic N) is 1. The highest BCUT2D eigenvalue weighted by Gasteiger charge is 1.99. The first-order chi connectivity index (χ1) is 10.3. The van der Waals surface area contributed by atoms with Gasteiger partial charge in [-0.05, 0) is 41.7 Å². The van der Waals surface area contributed by atoms with E-state index in [0.29, 0.717) is 5.56 Å². The topological polar surface area (TPSA) is 23.8 Å². The SMILES string of the molecule is CCCCCCCc1ccc(-c2ccc(C#N)cc2)cc1. The van der Waals surface area contributed by atoms with E-state index in [0.717, 1.165) is 0 Å². The monoisotopic (exact) mass is 277 g/mol. The van der Waals surface area contributed by atoms with E-state index in [4.69, 9.17) is 5.26 Å². The number of rotatable bonds is 7. The summed E-state index contributed by atoms with van der Waals surface area (Å²) in [4.78, 5) is 0. The third-order valence-corrected chi connectivity index (χ3v) is 3.87. The molecule has 0 aliphatic carbocycles. The van der Waals surface area contributed by atoms with Crippen LogP contribution < -0.4 is 0 Å². The molecule has 0 aliphatic heterocycles. The van der Waals surface area contributed by atoms with Gasteiger partial charge in [0.05, 0.1) is 11.6 Å². The molecule has 2 aromatic carbocycles. The van der Waals surface area contributed by atoms with Gasteiger partial charge in [0.2, 0.25) is 0 Å². The van der Waals surface area contributed by atoms with E-state index in [1.54, 1.807) is 0 Å². The Balaban J connectivity index is 1.90. The van der Waals surface area contributed by atoms with E-state index >= 15 is 0 Å². The van der Waals surface area contributed by atoms with Gasteiger partial charge in [-0.25, -0.2) is 0 Å². The Hall–Kier alpha value is -2.07. The van der Waals surface area contributed by atoms with Crippen LogP contribution in [0.1, 0.15) is 50.2 Å². The number of aryl methyl sites for hydroxylation is 1. The van der Waals surface area contributed by atoms with Gasteiger partial charge in [-0.3, -0.25) is 0 Å². The van der Waals surface area contributed by atoms with E-state index in [2.05, 4.69) is 37.3 Å². The van der Waals surface area contributed by atoms with E-state index < -0.39 is 0 Å². The lowest BCUT2D eigenvalue weighted by molar-refractivity contribution is 0.632. The molecule has 0 bridgehead atoms. The van der Waals surface area contributed by atoms with Crippen molar-refractivity contribution in [2.75, 3.05) is 0 Å². The zero-order valence-corrected chi connectivity index (χ0v) is 12.8. The molecule has 1 heteroatoms. The Kier molecular flexibility index (Phi) is 6.03. The molecule has 1 nitrogen and oxygen atoms in total. The van der Waals surface area contributed by atoms with Crippen LogP contribution >= 0.6 is 0 Å². The molecule has 21 heavy (non-hydrogen) atoms. The van der Waals surface area contributed by atoms with Crippen LogP contribution in [0.4, 0.5) is 0 Å². The molecule has 0 radical (unpaired) electrons. The maximum Gasteiger partial charge on any atom is 0.0991 e. The Morgan fingerprint density at radius 1 is 0.762 bits per heavy atom. The van der Waals surface area contributed by atoms with Crippen molar-refractivity contribution in [2.45, 2.75) is 45.4 Å². The number of hydrogen-bond donors (Lipinski definition) is 0. The average molecular weight is 277 g/mol. The van der Waals surface area contributed by atoms with Crippen LogP contribution in [0.15, 0.2) is 48.5 Å². The molecule has 2 aromatic rings. The zero-order chi connectivity index (χ0) is 14.9. The van der Waals surface area contributed by atoms with Crippen molar-refractivity contribution in [1.82, 2.24) is 0 Å². The van der Waals surface area contributed by atoms with Crippen LogP contribution in [0.5, 0.6) is 0 Å². The molecule has 0 fully saturated rings. The molecule has 108 valence electrons. The van der Waals surface area contributed by atoms with Crippen molar-refractivity contribution < 1.29 is 0 Å². The summed E-state index contributed by atoms with van der Waals surface area (Å²) in [5, 5.41) is 8.82. The van der Waals surface area contributed by atoms with Crippen molar-refractivity contribution in [2.24, 2.45) is 0 Å². The Morgan fingerprint density at radius 3 is 1.90 bits per heavy atom. The zero-order valence-electron chi connectivity index (χ0n) is 12.8. The highest BCUT2D eigenvalue weighted by molar-refractivity contribution is 5.64. The predicted molar refractivity (Wildman–Crippen MR) is 89.1 cm³/mol. The predicted octanol–water partition coefficient (Wildman–Crippen LogP) is 5.74.